The lowest BCUT2D eigenvalue weighted by Gasteiger charge is -2.63. The Hall–Kier alpha value is -0.830. The van der Waals surface area contributed by atoms with Gasteiger partial charge in [-0.25, -0.2) is 4.79 Å². The molecule has 2 N–H and O–H groups in total. The molecule has 0 heterocycles. The van der Waals surface area contributed by atoms with Crippen molar-refractivity contribution >= 4 is 5.97 Å². The average molecular weight is 457 g/mol. The average Bonchev–Trinajstić information content (AvgIpc) is 3.33. The molecule has 0 unspecified atom stereocenters. The van der Waals surface area contributed by atoms with Crippen molar-refractivity contribution in [3.05, 3.63) is 11.6 Å². The van der Waals surface area contributed by atoms with Gasteiger partial charge in [-0.1, -0.05) is 40.7 Å². The zero-order valence-electron chi connectivity index (χ0n) is 22.0. The molecule has 186 valence electrons. The summed E-state index contributed by atoms with van der Waals surface area (Å²) >= 11 is 0. The molecule has 0 aromatic heterocycles. The Labute approximate surface area is 201 Å². The van der Waals surface area contributed by atoms with Crippen molar-refractivity contribution < 1.29 is 15.0 Å². The van der Waals surface area contributed by atoms with Crippen molar-refractivity contribution in [3.63, 3.8) is 0 Å². The second-order valence-electron chi connectivity index (χ2n) is 14.3. The number of carboxylic acids is 1. The van der Waals surface area contributed by atoms with Gasteiger partial charge in [0.05, 0.1) is 6.10 Å². The fourth-order valence-electron chi connectivity index (χ4n) is 11.2. The van der Waals surface area contributed by atoms with Crippen LogP contribution in [0.15, 0.2) is 11.6 Å². The molecule has 3 nitrogen and oxygen atoms in total. The normalized spacial score (nSPS) is 51.1. The van der Waals surface area contributed by atoms with Crippen LogP contribution in [0.25, 0.3) is 0 Å². The molecule has 5 saturated carbocycles. The molecule has 5 aliphatic rings. The second kappa shape index (κ2) is 7.34. The molecule has 5 aliphatic carbocycles. The minimum Gasteiger partial charge on any atom is -0.478 e. The molecule has 33 heavy (non-hydrogen) atoms. The van der Waals surface area contributed by atoms with Crippen molar-refractivity contribution in [1.82, 2.24) is 0 Å². The largest absolute Gasteiger partial charge is 0.478 e. The van der Waals surface area contributed by atoms with Gasteiger partial charge in [-0.05, 0) is 128 Å². The van der Waals surface area contributed by atoms with Crippen LogP contribution < -0.4 is 0 Å². The summed E-state index contributed by atoms with van der Waals surface area (Å²) in [6.07, 6.45) is 15.7. The van der Waals surface area contributed by atoms with E-state index in [1.165, 1.54) is 51.4 Å². The van der Waals surface area contributed by atoms with Gasteiger partial charge in [-0.15, -0.1) is 0 Å². The van der Waals surface area contributed by atoms with Gasteiger partial charge >= 0.3 is 5.97 Å². The van der Waals surface area contributed by atoms with Crippen LogP contribution in [-0.4, -0.2) is 22.3 Å². The van der Waals surface area contributed by atoms with Gasteiger partial charge in [-0.2, -0.15) is 0 Å². The van der Waals surface area contributed by atoms with Crippen LogP contribution in [0.4, 0.5) is 0 Å². The van der Waals surface area contributed by atoms with Crippen LogP contribution in [0, 0.1) is 50.7 Å². The quantitative estimate of drug-likeness (QED) is 0.429. The lowest BCUT2D eigenvalue weighted by atomic mass is 9.41. The summed E-state index contributed by atoms with van der Waals surface area (Å²) in [5.74, 6) is 2.19. The summed E-state index contributed by atoms with van der Waals surface area (Å²) in [6, 6.07) is 0. The number of hydrogen-bond acceptors (Lipinski definition) is 2. The summed E-state index contributed by atoms with van der Waals surface area (Å²) in [6.45, 7) is 14.2. The molecule has 0 saturated heterocycles. The van der Waals surface area contributed by atoms with Gasteiger partial charge in [-0.3, -0.25) is 0 Å². The Bertz CT molecular complexity index is 859. The lowest BCUT2D eigenvalue weighted by Crippen LogP contribution is -2.57. The van der Waals surface area contributed by atoms with E-state index < -0.39 is 5.97 Å². The first-order valence-corrected chi connectivity index (χ1v) is 13.9. The first-order valence-electron chi connectivity index (χ1n) is 13.9. The molecule has 5 fully saturated rings. The van der Waals surface area contributed by atoms with Gasteiger partial charge in [0.1, 0.15) is 0 Å². The summed E-state index contributed by atoms with van der Waals surface area (Å²) in [5.41, 5.74) is 2.48. The number of carbonyl (C=O) groups is 1. The van der Waals surface area contributed by atoms with Crippen LogP contribution in [0.5, 0.6) is 0 Å². The van der Waals surface area contributed by atoms with E-state index in [0.717, 1.165) is 31.1 Å². The molecule has 2 spiro atoms. The van der Waals surface area contributed by atoms with Crippen molar-refractivity contribution in [2.75, 3.05) is 0 Å². The SMILES string of the molecule is CC(=CCC[C@@H](C)[C@H]1CC[C@@]2(C)[C@@H]3CC[C@H]4C(C)(C)[C@H](O)CC[C@@]45C[C@@]35CC[C@]12C)C(=O)O. The maximum atomic E-state index is 11.2. The number of aliphatic hydroxyl groups excluding tert-OH is 1. The van der Waals surface area contributed by atoms with E-state index in [-0.39, 0.29) is 11.5 Å². The van der Waals surface area contributed by atoms with Gasteiger partial charge in [0.2, 0.25) is 0 Å². The first kappa shape index (κ1) is 23.9. The molecule has 0 radical (unpaired) electrons. The van der Waals surface area contributed by atoms with E-state index in [1.54, 1.807) is 6.92 Å². The number of hydrogen-bond donors (Lipinski definition) is 2. The minimum atomic E-state index is -0.784. The van der Waals surface area contributed by atoms with Gasteiger partial charge in [0.15, 0.2) is 0 Å². The molecule has 0 bridgehead atoms. The molecular formula is C30H48O3. The number of fused-ring (bicyclic) bond motifs is 2. The lowest BCUT2D eigenvalue weighted by molar-refractivity contribution is -0.161. The number of aliphatic hydroxyl groups is 1. The third-order valence-electron chi connectivity index (χ3n) is 13.3. The van der Waals surface area contributed by atoms with Gasteiger partial charge < -0.3 is 10.2 Å². The highest BCUT2D eigenvalue weighted by atomic mass is 16.4. The zero-order valence-corrected chi connectivity index (χ0v) is 22.0. The summed E-state index contributed by atoms with van der Waals surface area (Å²) in [5, 5.41) is 20.0. The topological polar surface area (TPSA) is 57.5 Å². The Morgan fingerprint density at radius 2 is 1.61 bits per heavy atom. The summed E-state index contributed by atoms with van der Waals surface area (Å²) < 4.78 is 0. The Kier molecular flexibility index (Phi) is 5.31. The Morgan fingerprint density at radius 3 is 2.30 bits per heavy atom. The molecular weight excluding hydrogens is 408 g/mol. The summed E-state index contributed by atoms with van der Waals surface area (Å²) in [4.78, 5) is 11.2. The second-order valence-corrected chi connectivity index (χ2v) is 14.3. The van der Waals surface area contributed by atoms with E-state index in [2.05, 4.69) is 34.6 Å². The van der Waals surface area contributed by atoms with Gasteiger partial charge in [0, 0.05) is 5.57 Å². The third-order valence-corrected chi connectivity index (χ3v) is 13.3. The Morgan fingerprint density at radius 1 is 0.939 bits per heavy atom. The number of allylic oxidation sites excluding steroid dienone is 1. The van der Waals surface area contributed by atoms with E-state index in [4.69, 9.17) is 0 Å². The standard InChI is InChI=1S/C30H48O3/c1-19(8-7-9-20(2)25(32)33)21-12-14-28(6)23-11-10-22-26(3,4)24(31)13-15-29(22)18-30(23,29)17-16-27(21,28)5/h9,19,21-24,31H,7-8,10-18H2,1-6H3,(H,32,33)/t19-,21-,22+,23+,24-,27-,28+,29-,30+/m1/s1. The number of carboxylic acid groups (broad SMARTS) is 1. The molecule has 0 aliphatic heterocycles. The van der Waals surface area contributed by atoms with Crippen molar-refractivity contribution in [2.45, 2.75) is 118 Å². The van der Waals surface area contributed by atoms with Crippen LogP contribution in [0.3, 0.4) is 0 Å². The highest BCUT2D eigenvalue weighted by molar-refractivity contribution is 5.85. The van der Waals surface area contributed by atoms with Crippen molar-refractivity contribution in [3.8, 4) is 0 Å². The van der Waals surface area contributed by atoms with E-state index in [0.29, 0.717) is 39.1 Å². The minimum absolute atomic E-state index is 0.0721. The molecule has 3 heteroatoms. The Balaban J connectivity index is 1.37. The molecule has 0 aromatic carbocycles. The summed E-state index contributed by atoms with van der Waals surface area (Å²) in [7, 11) is 0. The van der Waals surface area contributed by atoms with E-state index >= 15 is 0 Å². The number of rotatable bonds is 5. The third kappa shape index (κ3) is 2.93. The molecule has 0 amide bonds. The van der Waals surface area contributed by atoms with Crippen LogP contribution in [0.2, 0.25) is 0 Å². The predicted octanol–water partition coefficient (Wildman–Crippen LogP) is 7.23. The smallest absolute Gasteiger partial charge is 0.330 e. The zero-order chi connectivity index (χ0) is 24.0. The number of aliphatic carboxylic acids is 1. The van der Waals surface area contributed by atoms with E-state index in [1.807, 2.05) is 6.08 Å². The fraction of sp³-hybridized carbons (Fsp3) is 0.900. The van der Waals surface area contributed by atoms with Crippen molar-refractivity contribution in [2.24, 2.45) is 50.7 Å². The van der Waals surface area contributed by atoms with Crippen LogP contribution in [-0.2, 0) is 4.79 Å². The van der Waals surface area contributed by atoms with Crippen molar-refractivity contribution in [1.29, 1.82) is 0 Å². The molecule has 5 rings (SSSR count). The van der Waals surface area contributed by atoms with E-state index in [9.17, 15) is 15.0 Å². The first-order chi connectivity index (χ1) is 15.4. The van der Waals surface area contributed by atoms with Crippen LogP contribution >= 0.6 is 0 Å². The highest BCUT2D eigenvalue weighted by Crippen LogP contribution is 2.89. The van der Waals surface area contributed by atoms with Gasteiger partial charge in [0.25, 0.3) is 0 Å². The predicted molar refractivity (Wildman–Crippen MR) is 133 cm³/mol. The fourth-order valence-corrected chi connectivity index (χ4v) is 11.2. The molecule has 9 atom stereocenters. The monoisotopic (exact) mass is 456 g/mol. The molecule has 0 aromatic rings. The highest BCUT2D eigenvalue weighted by Gasteiger charge is 2.82. The maximum absolute atomic E-state index is 11.2. The van der Waals surface area contributed by atoms with Crippen LogP contribution in [0.1, 0.15) is 112 Å². The maximum Gasteiger partial charge on any atom is 0.330 e.